The van der Waals surface area contributed by atoms with Gasteiger partial charge >= 0.3 is 0 Å². The van der Waals surface area contributed by atoms with E-state index in [4.69, 9.17) is 9.72 Å². The van der Waals surface area contributed by atoms with Crippen molar-refractivity contribution < 1.29 is 9.53 Å². The molecule has 0 aliphatic rings. The van der Waals surface area contributed by atoms with Gasteiger partial charge in [-0.3, -0.25) is 9.69 Å². The summed E-state index contributed by atoms with van der Waals surface area (Å²) in [6.45, 7) is 3.89. The molecule has 1 aromatic heterocycles. The third kappa shape index (κ3) is 4.15. The molecule has 0 spiro atoms. The lowest BCUT2D eigenvalue weighted by Crippen LogP contribution is -2.36. The number of rotatable bonds is 7. The number of likely N-dealkylation sites (N-methyl/N-ethyl adjacent to an activating group) is 1. The summed E-state index contributed by atoms with van der Waals surface area (Å²) >= 11 is 1.52. The van der Waals surface area contributed by atoms with Crippen LogP contribution >= 0.6 is 11.3 Å². The smallest absolute Gasteiger partial charge is 0.260 e. The molecule has 0 unspecified atom stereocenters. The quantitative estimate of drug-likeness (QED) is 0.420. The van der Waals surface area contributed by atoms with Crippen LogP contribution in [0.3, 0.4) is 0 Å². The Hall–Kier alpha value is -2.96. The zero-order valence-corrected chi connectivity index (χ0v) is 18.3. The molecule has 5 nitrogen and oxygen atoms in total. The molecule has 0 aliphatic carbocycles. The molecule has 0 saturated carbocycles. The predicted octanol–water partition coefficient (Wildman–Crippen LogP) is 5.06. The molecule has 1 heterocycles. The lowest BCUT2D eigenvalue weighted by Gasteiger charge is -2.22. The average molecular weight is 420 g/mol. The zero-order chi connectivity index (χ0) is 21.1. The first kappa shape index (κ1) is 20.3. The standard InChI is InChI=1S/C24H25N3O2S/c1-4-29-18-12-13-21-22(16-18)30-24(25-21)27(15-14-26(2)3)23(28)20-11-7-9-17-8-5-6-10-19(17)20/h5-13,16H,4,14-15H2,1-3H3. The van der Waals surface area contributed by atoms with Crippen LogP contribution in [0.2, 0.25) is 0 Å². The molecule has 0 N–H and O–H groups in total. The fourth-order valence-corrected chi connectivity index (χ4v) is 4.42. The van der Waals surface area contributed by atoms with Crippen LogP contribution in [0, 0.1) is 0 Å². The third-order valence-electron chi connectivity index (χ3n) is 4.93. The Labute approximate surface area is 180 Å². The van der Waals surface area contributed by atoms with Crippen LogP contribution in [0.1, 0.15) is 17.3 Å². The van der Waals surface area contributed by atoms with Crippen molar-refractivity contribution in [3.63, 3.8) is 0 Å². The van der Waals surface area contributed by atoms with E-state index in [1.165, 1.54) is 11.3 Å². The Morgan fingerprint density at radius 3 is 2.63 bits per heavy atom. The molecule has 0 bridgehead atoms. The molecule has 3 aromatic carbocycles. The number of amides is 1. The molecule has 6 heteroatoms. The predicted molar refractivity (Wildman–Crippen MR) is 125 cm³/mol. The van der Waals surface area contributed by atoms with Gasteiger partial charge in [0.2, 0.25) is 0 Å². The van der Waals surface area contributed by atoms with Gasteiger partial charge < -0.3 is 9.64 Å². The monoisotopic (exact) mass is 419 g/mol. The molecule has 1 amide bonds. The number of hydrogen-bond donors (Lipinski definition) is 0. The number of carbonyl (C=O) groups excluding carboxylic acids is 1. The molecule has 4 aromatic rings. The van der Waals surface area contributed by atoms with E-state index in [9.17, 15) is 4.79 Å². The van der Waals surface area contributed by atoms with Crippen LogP contribution in [-0.4, -0.2) is 49.6 Å². The van der Waals surface area contributed by atoms with Gasteiger partial charge in [-0.05, 0) is 56.1 Å². The topological polar surface area (TPSA) is 45.7 Å². The van der Waals surface area contributed by atoms with Crippen LogP contribution < -0.4 is 9.64 Å². The van der Waals surface area contributed by atoms with E-state index in [0.717, 1.165) is 33.3 Å². The Kier molecular flexibility index (Phi) is 5.97. The summed E-state index contributed by atoms with van der Waals surface area (Å²) in [5, 5.41) is 2.72. The minimum atomic E-state index is -0.0299. The number of benzene rings is 3. The Balaban J connectivity index is 1.76. The molecule has 0 fully saturated rings. The van der Waals surface area contributed by atoms with Gasteiger partial charge in [0.15, 0.2) is 5.13 Å². The fourth-order valence-electron chi connectivity index (χ4n) is 3.41. The zero-order valence-electron chi connectivity index (χ0n) is 17.5. The first-order valence-electron chi connectivity index (χ1n) is 10.0. The molecule has 0 saturated heterocycles. The normalized spacial score (nSPS) is 11.3. The van der Waals surface area contributed by atoms with Crippen LogP contribution in [0.4, 0.5) is 5.13 Å². The average Bonchev–Trinajstić information content (AvgIpc) is 3.16. The maximum absolute atomic E-state index is 13.7. The fraction of sp³-hybridized carbons (Fsp3) is 0.250. The van der Waals surface area contributed by atoms with Crippen LogP contribution in [0.15, 0.2) is 60.7 Å². The summed E-state index contributed by atoms with van der Waals surface area (Å²) < 4.78 is 6.63. The number of carbonyl (C=O) groups is 1. The largest absolute Gasteiger partial charge is 0.494 e. The Morgan fingerprint density at radius 2 is 1.83 bits per heavy atom. The minimum Gasteiger partial charge on any atom is -0.494 e. The van der Waals surface area contributed by atoms with Crippen molar-refractivity contribution in [3.05, 3.63) is 66.2 Å². The number of nitrogens with zero attached hydrogens (tertiary/aromatic N) is 3. The van der Waals surface area contributed by atoms with E-state index in [1.54, 1.807) is 4.90 Å². The van der Waals surface area contributed by atoms with Gasteiger partial charge in [-0.15, -0.1) is 0 Å². The van der Waals surface area contributed by atoms with Gasteiger partial charge in [-0.1, -0.05) is 47.7 Å². The lowest BCUT2D eigenvalue weighted by atomic mass is 10.0. The second-order valence-electron chi connectivity index (χ2n) is 7.35. The lowest BCUT2D eigenvalue weighted by molar-refractivity contribution is 0.0987. The summed E-state index contributed by atoms with van der Waals surface area (Å²) in [6, 6.07) is 19.7. The number of thiazole rings is 1. The first-order chi connectivity index (χ1) is 14.6. The number of anilines is 1. The molecule has 0 radical (unpaired) electrons. The molecule has 30 heavy (non-hydrogen) atoms. The van der Waals surface area contributed by atoms with Gasteiger partial charge in [-0.25, -0.2) is 4.98 Å². The van der Waals surface area contributed by atoms with Crippen molar-refractivity contribution in [3.8, 4) is 5.75 Å². The van der Waals surface area contributed by atoms with Crippen molar-refractivity contribution in [2.45, 2.75) is 6.92 Å². The highest BCUT2D eigenvalue weighted by Gasteiger charge is 2.23. The highest BCUT2D eigenvalue weighted by atomic mass is 32.1. The van der Waals surface area contributed by atoms with Crippen molar-refractivity contribution in [1.29, 1.82) is 0 Å². The molecule has 4 rings (SSSR count). The highest BCUT2D eigenvalue weighted by Crippen LogP contribution is 2.33. The number of fused-ring (bicyclic) bond motifs is 2. The van der Waals surface area contributed by atoms with E-state index in [-0.39, 0.29) is 5.91 Å². The van der Waals surface area contributed by atoms with Crippen LogP contribution in [-0.2, 0) is 0 Å². The van der Waals surface area contributed by atoms with E-state index in [1.807, 2.05) is 81.7 Å². The van der Waals surface area contributed by atoms with E-state index < -0.39 is 0 Å². The Morgan fingerprint density at radius 1 is 1.03 bits per heavy atom. The summed E-state index contributed by atoms with van der Waals surface area (Å²) in [6.07, 6.45) is 0. The van der Waals surface area contributed by atoms with E-state index in [2.05, 4.69) is 4.90 Å². The summed E-state index contributed by atoms with van der Waals surface area (Å²) in [5.74, 6) is 0.790. The second kappa shape index (κ2) is 8.81. The number of hydrogen-bond acceptors (Lipinski definition) is 5. The van der Waals surface area contributed by atoms with Gasteiger partial charge in [0.05, 0.1) is 16.8 Å². The first-order valence-corrected chi connectivity index (χ1v) is 10.9. The second-order valence-corrected chi connectivity index (χ2v) is 8.35. The summed E-state index contributed by atoms with van der Waals surface area (Å²) in [4.78, 5) is 22.3. The van der Waals surface area contributed by atoms with Crippen LogP contribution in [0.25, 0.3) is 21.0 Å². The van der Waals surface area contributed by atoms with Crippen molar-refractivity contribution in [1.82, 2.24) is 9.88 Å². The molecule has 0 atom stereocenters. The van der Waals surface area contributed by atoms with Crippen LogP contribution in [0.5, 0.6) is 5.75 Å². The highest BCUT2D eigenvalue weighted by molar-refractivity contribution is 7.22. The molecular formula is C24H25N3O2S. The van der Waals surface area contributed by atoms with E-state index in [0.29, 0.717) is 23.8 Å². The van der Waals surface area contributed by atoms with Gasteiger partial charge in [-0.2, -0.15) is 0 Å². The molecule has 0 aliphatic heterocycles. The van der Waals surface area contributed by atoms with Gasteiger partial charge in [0.25, 0.3) is 5.91 Å². The number of ether oxygens (including phenoxy) is 1. The maximum Gasteiger partial charge on any atom is 0.260 e. The van der Waals surface area contributed by atoms with E-state index >= 15 is 0 Å². The Bertz CT molecular complexity index is 1180. The molecular weight excluding hydrogens is 394 g/mol. The third-order valence-corrected chi connectivity index (χ3v) is 5.97. The summed E-state index contributed by atoms with van der Waals surface area (Å²) in [7, 11) is 4.01. The van der Waals surface area contributed by atoms with Gasteiger partial charge in [0, 0.05) is 18.7 Å². The van der Waals surface area contributed by atoms with Crippen molar-refractivity contribution in [2.24, 2.45) is 0 Å². The summed E-state index contributed by atoms with van der Waals surface area (Å²) in [5.41, 5.74) is 1.57. The van der Waals surface area contributed by atoms with Crippen molar-refractivity contribution in [2.75, 3.05) is 38.7 Å². The molecule has 154 valence electrons. The minimum absolute atomic E-state index is 0.0299. The maximum atomic E-state index is 13.7. The SMILES string of the molecule is CCOc1ccc2nc(N(CCN(C)C)C(=O)c3cccc4ccccc34)sc2c1. The van der Waals surface area contributed by atoms with Crippen molar-refractivity contribution >= 4 is 43.4 Å². The number of aromatic nitrogens is 1. The van der Waals surface area contributed by atoms with Gasteiger partial charge in [0.1, 0.15) is 5.75 Å².